The fourth-order valence-corrected chi connectivity index (χ4v) is 6.16. The van der Waals surface area contributed by atoms with E-state index in [0.717, 1.165) is 11.4 Å². The summed E-state index contributed by atoms with van der Waals surface area (Å²) in [7, 11) is 0. The highest BCUT2D eigenvalue weighted by atomic mass is 16.6. The molecule has 0 N–H and O–H groups in total. The summed E-state index contributed by atoms with van der Waals surface area (Å²) in [5.74, 6) is -0.637. The van der Waals surface area contributed by atoms with Crippen LogP contribution in [0.3, 0.4) is 0 Å². The third kappa shape index (κ3) is 12.1. The van der Waals surface area contributed by atoms with Crippen LogP contribution in [0.5, 0.6) is 0 Å². The number of pyridine rings is 1. The maximum atomic E-state index is 13.3. The van der Waals surface area contributed by atoms with Gasteiger partial charge in [0.25, 0.3) is 0 Å². The van der Waals surface area contributed by atoms with Crippen LogP contribution in [0, 0.1) is 11.8 Å². The quantitative estimate of drug-likeness (QED) is 0.422. The fraction of sp³-hybridized carbons (Fsp3) is 0.743. The molecule has 0 aromatic carbocycles. The molecule has 47 heavy (non-hydrogen) atoms. The lowest BCUT2D eigenvalue weighted by molar-refractivity contribution is -0.163. The van der Waals surface area contributed by atoms with E-state index in [1.807, 2.05) is 69.5 Å². The van der Waals surface area contributed by atoms with E-state index < -0.39 is 11.2 Å². The van der Waals surface area contributed by atoms with Gasteiger partial charge in [0.2, 0.25) is 11.8 Å². The maximum absolute atomic E-state index is 13.3. The summed E-state index contributed by atoms with van der Waals surface area (Å²) in [5.41, 5.74) is 0.680. The molecule has 2 saturated heterocycles. The minimum Gasteiger partial charge on any atom is -0.460 e. The number of carbonyl (C=O) groups is 4. The molecule has 2 fully saturated rings. The van der Waals surface area contributed by atoms with Crippen molar-refractivity contribution in [1.82, 2.24) is 24.6 Å². The summed E-state index contributed by atoms with van der Waals surface area (Å²) >= 11 is 0. The number of carbonyl (C=O) groups excluding carboxylic acids is 4. The van der Waals surface area contributed by atoms with Crippen LogP contribution in [0.25, 0.3) is 0 Å². The van der Waals surface area contributed by atoms with Gasteiger partial charge in [0.15, 0.2) is 0 Å². The Bertz CT molecular complexity index is 1140. The number of esters is 2. The van der Waals surface area contributed by atoms with E-state index in [2.05, 4.69) is 9.80 Å². The summed E-state index contributed by atoms with van der Waals surface area (Å²) in [6.07, 6.45) is 2.43. The minimum absolute atomic E-state index is 0.0377. The van der Waals surface area contributed by atoms with Crippen LogP contribution in [0.1, 0.15) is 78.6 Å². The number of likely N-dealkylation sites (tertiary alicyclic amines) is 2. The molecule has 262 valence electrons. The number of fused-ring (bicyclic) bond motifs is 2. The molecule has 1 aromatic heterocycles. The second kappa shape index (κ2) is 16.3. The van der Waals surface area contributed by atoms with Gasteiger partial charge in [-0.15, -0.1) is 0 Å². The Labute approximate surface area is 280 Å². The van der Waals surface area contributed by atoms with E-state index in [-0.39, 0.29) is 48.7 Å². The number of ether oxygens (including phenoxy) is 3. The third-order valence-electron chi connectivity index (χ3n) is 8.63. The van der Waals surface area contributed by atoms with Gasteiger partial charge >= 0.3 is 11.9 Å². The van der Waals surface area contributed by atoms with Gasteiger partial charge in [-0.2, -0.15) is 0 Å². The van der Waals surface area contributed by atoms with Crippen LogP contribution in [0.15, 0.2) is 18.2 Å². The zero-order valence-corrected chi connectivity index (χ0v) is 29.3. The lowest BCUT2D eigenvalue weighted by Gasteiger charge is -2.34. The fourth-order valence-electron chi connectivity index (χ4n) is 6.16. The van der Waals surface area contributed by atoms with Gasteiger partial charge in [0.1, 0.15) is 11.2 Å². The first-order chi connectivity index (χ1) is 22.1. The van der Waals surface area contributed by atoms with Crippen molar-refractivity contribution in [3.63, 3.8) is 0 Å². The topological polar surface area (TPSA) is 122 Å². The number of nitrogens with zero attached hydrogens (tertiary/aromatic N) is 5. The molecular weight excluding hydrogens is 602 g/mol. The number of amides is 2. The molecule has 4 heterocycles. The van der Waals surface area contributed by atoms with Crippen molar-refractivity contribution < 1.29 is 33.4 Å². The normalized spacial score (nSPS) is 20.2. The molecule has 12 nitrogen and oxygen atoms in total. The molecule has 0 aliphatic carbocycles. The van der Waals surface area contributed by atoms with Gasteiger partial charge in [-0.1, -0.05) is 6.07 Å². The van der Waals surface area contributed by atoms with Gasteiger partial charge in [0, 0.05) is 52.4 Å². The highest BCUT2D eigenvalue weighted by molar-refractivity contribution is 5.80. The van der Waals surface area contributed by atoms with Crippen molar-refractivity contribution >= 4 is 23.8 Å². The largest absolute Gasteiger partial charge is 0.460 e. The summed E-state index contributed by atoms with van der Waals surface area (Å²) in [4.78, 5) is 64.3. The molecule has 3 aliphatic rings. The van der Waals surface area contributed by atoms with Gasteiger partial charge in [0.05, 0.1) is 49.5 Å². The van der Waals surface area contributed by atoms with E-state index in [4.69, 9.17) is 19.2 Å². The molecular formula is C35H55N5O7. The van der Waals surface area contributed by atoms with Crippen molar-refractivity contribution in [3.05, 3.63) is 29.6 Å². The Morgan fingerprint density at radius 3 is 1.43 bits per heavy atom. The highest BCUT2D eigenvalue weighted by Crippen LogP contribution is 2.23. The molecule has 3 aliphatic heterocycles. The highest BCUT2D eigenvalue weighted by Gasteiger charge is 2.32. The van der Waals surface area contributed by atoms with Crippen LogP contribution in [0.4, 0.5) is 0 Å². The molecule has 0 saturated carbocycles. The lowest BCUT2D eigenvalue weighted by atomic mass is 9.96. The Kier molecular flexibility index (Phi) is 12.8. The smallest absolute Gasteiger partial charge is 0.309 e. The summed E-state index contributed by atoms with van der Waals surface area (Å²) in [6.45, 7) is 16.9. The molecule has 0 spiro atoms. The number of rotatable bonds is 6. The predicted octanol–water partition coefficient (Wildman–Crippen LogP) is 2.88. The molecule has 12 heteroatoms. The minimum atomic E-state index is -0.516. The van der Waals surface area contributed by atoms with Crippen LogP contribution in [-0.4, -0.2) is 125 Å². The van der Waals surface area contributed by atoms with E-state index in [1.54, 1.807) is 0 Å². The number of hydrogen-bond donors (Lipinski definition) is 0. The third-order valence-corrected chi connectivity index (χ3v) is 8.63. The lowest BCUT2D eigenvalue weighted by Crippen LogP contribution is -2.46. The first-order valence-corrected chi connectivity index (χ1v) is 17.1. The first-order valence-electron chi connectivity index (χ1n) is 17.1. The molecule has 0 radical (unpaired) electrons. The average Bonchev–Trinajstić information content (AvgIpc) is 2.99. The van der Waals surface area contributed by atoms with Crippen molar-refractivity contribution in [2.45, 2.75) is 91.5 Å². The van der Waals surface area contributed by atoms with E-state index >= 15 is 0 Å². The van der Waals surface area contributed by atoms with Gasteiger partial charge in [-0.25, -0.2) is 0 Å². The van der Waals surface area contributed by atoms with Gasteiger partial charge in [-0.05, 0) is 79.4 Å². The van der Waals surface area contributed by atoms with Crippen LogP contribution in [0.2, 0.25) is 0 Å². The number of piperidine rings is 2. The molecule has 0 unspecified atom stereocenters. The van der Waals surface area contributed by atoms with Crippen molar-refractivity contribution in [2.24, 2.45) is 11.8 Å². The van der Waals surface area contributed by atoms with Crippen LogP contribution >= 0.6 is 0 Å². The predicted molar refractivity (Wildman–Crippen MR) is 176 cm³/mol. The standard InChI is InChI=1S/C35H55N5O7/c1-34(2,3)46-32(43)26-10-14-39(15-11-26)30(41)24-37-18-20-45-21-19-38(23-29-9-7-8-28(22-37)36-29)25-31(42)40-16-12-27(13-17-40)33(44)47-35(4,5)6/h7-9,26-27H,10-25H2,1-6H3. The molecule has 2 amide bonds. The number of hydrogen-bond acceptors (Lipinski definition) is 10. The summed E-state index contributed by atoms with van der Waals surface area (Å²) < 4.78 is 17.1. The molecule has 4 rings (SSSR count). The van der Waals surface area contributed by atoms with Crippen molar-refractivity contribution in [3.8, 4) is 0 Å². The van der Waals surface area contributed by atoms with Gasteiger partial charge < -0.3 is 24.0 Å². The van der Waals surface area contributed by atoms with Crippen LogP contribution < -0.4 is 0 Å². The van der Waals surface area contributed by atoms with Crippen molar-refractivity contribution in [2.75, 3.05) is 65.6 Å². The summed E-state index contributed by atoms with van der Waals surface area (Å²) in [5, 5.41) is 0. The zero-order valence-electron chi connectivity index (χ0n) is 29.3. The second-order valence-electron chi connectivity index (χ2n) is 15.0. The van der Waals surface area contributed by atoms with Crippen molar-refractivity contribution in [1.29, 1.82) is 0 Å². The van der Waals surface area contributed by atoms with E-state index in [9.17, 15) is 19.2 Å². The Morgan fingerprint density at radius 2 is 1.06 bits per heavy atom. The van der Waals surface area contributed by atoms with E-state index in [0.29, 0.717) is 91.3 Å². The summed E-state index contributed by atoms with van der Waals surface area (Å²) in [6, 6.07) is 5.90. The monoisotopic (exact) mass is 657 g/mol. The Morgan fingerprint density at radius 1 is 0.681 bits per heavy atom. The Balaban J connectivity index is 1.28. The zero-order chi connectivity index (χ0) is 34.2. The molecule has 1 aromatic rings. The first kappa shape index (κ1) is 36.7. The Hall–Kier alpha value is -3.09. The maximum Gasteiger partial charge on any atom is 0.309 e. The van der Waals surface area contributed by atoms with Gasteiger partial charge in [-0.3, -0.25) is 34.0 Å². The second-order valence-corrected chi connectivity index (χ2v) is 15.0. The van der Waals surface area contributed by atoms with E-state index in [1.165, 1.54) is 0 Å². The average molecular weight is 658 g/mol. The van der Waals surface area contributed by atoms with Crippen LogP contribution in [-0.2, 0) is 46.5 Å². The number of aromatic nitrogens is 1. The molecule has 0 atom stereocenters. The molecule has 2 bridgehead atoms. The SMILES string of the molecule is CC(C)(C)OC(=O)C1CCN(C(=O)CN2CCOCCN(CC(=O)N3CCC(C(=O)OC(C)(C)C)CC3)Cc3cccc(n3)C2)CC1.